The summed E-state index contributed by atoms with van der Waals surface area (Å²) in [6, 6.07) is 13.8. The number of anilines is 1. The van der Waals surface area contributed by atoms with Crippen molar-refractivity contribution in [2.45, 2.75) is 13.0 Å². The zero-order chi connectivity index (χ0) is 14.5. The lowest BCUT2D eigenvalue weighted by Gasteiger charge is -2.16. The van der Waals surface area contributed by atoms with Gasteiger partial charge in [-0.25, -0.2) is 4.39 Å². The number of hydrogen-bond acceptors (Lipinski definition) is 3. The third-order valence-electron chi connectivity index (χ3n) is 3.09. The molecule has 0 radical (unpaired) electrons. The number of nitrogens with zero attached hydrogens (tertiary/aromatic N) is 1. The second-order valence-electron chi connectivity index (χ2n) is 4.45. The molecule has 2 rings (SSSR count). The van der Waals surface area contributed by atoms with Crippen LogP contribution < -0.4 is 10.1 Å². The summed E-state index contributed by atoms with van der Waals surface area (Å²) in [4.78, 5) is 0. The third kappa shape index (κ3) is 3.07. The fraction of sp³-hybridized carbons (Fsp3) is 0.188. The van der Waals surface area contributed by atoms with Gasteiger partial charge >= 0.3 is 0 Å². The predicted octanol–water partition coefficient (Wildman–Crippen LogP) is 3.88. The van der Waals surface area contributed by atoms with E-state index in [1.165, 1.54) is 6.07 Å². The summed E-state index contributed by atoms with van der Waals surface area (Å²) < 4.78 is 18.9. The molecule has 0 aromatic heterocycles. The first-order valence-electron chi connectivity index (χ1n) is 6.24. The second-order valence-corrected chi connectivity index (χ2v) is 4.45. The molecule has 0 heterocycles. The molecule has 0 spiro atoms. The standard InChI is InChI=1S/C16H15FN2O/c1-11(13-4-6-14(20-2)7-5-13)19-16-8-3-12(10-18)9-15(16)17/h3-9,11,19H,1-2H3. The summed E-state index contributed by atoms with van der Waals surface area (Å²) >= 11 is 0. The van der Waals surface area contributed by atoms with Crippen molar-refractivity contribution in [2.75, 3.05) is 12.4 Å². The summed E-state index contributed by atoms with van der Waals surface area (Å²) in [5, 5.41) is 11.8. The van der Waals surface area contributed by atoms with Crippen LogP contribution in [0.15, 0.2) is 42.5 Å². The second kappa shape index (κ2) is 6.07. The summed E-state index contributed by atoms with van der Waals surface area (Å²) in [5.74, 6) is 0.356. The highest BCUT2D eigenvalue weighted by Crippen LogP contribution is 2.23. The lowest BCUT2D eigenvalue weighted by atomic mass is 10.1. The van der Waals surface area contributed by atoms with E-state index in [-0.39, 0.29) is 6.04 Å². The Balaban J connectivity index is 2.14. The Kier molecular flexibility index (Phi) is 4.21. The Hall–Kier alpha value is -2.54. The summed E-state index contributed by atoms with van der Waals surface area (Å²) in [5.41, 5.74) is 1.71. The van der Waals surface area contributed by atoms with Crippen LogP contribution in [-0.4, -0.2) is 7.11 Å². The van der Waals surface area contributed by atoms with Crippen LogP contribution in [0.5, 0.6) is 5.75 Å². The summed E-state index contributed by atoms with van der Waals surface area (Å²) in [6.45, 7) is 1.94. The Bertz CT molecular complexity index is 632. The number of nitrogens with one attached hydrogen (secondary N) is 1. The highest BCUT2D eigenvalue weighted by atomic mass is 19.1. The van der Waals surface area contributed by atoms with E-state index < -0.39 is 5.82 Å². The van der Waals surface area contributed by atoms with Crippen LogP contribution in [0.3, 0.4) is 0 Å². The van der Waals surface area contributed by atoms with Gasteiger partial charge in [-0.15, -0.1) is 0 Å². The quantitative estimate of drug-likeness (QED) is 0.917. The van der Waals surface area contributed by atoms with Crippen molar-refractivity contribution < 1.29 is 9.13 Å². The number of ether oxygens (including phenoxy) is 1. The van der Waals surface area contributed by atoms with Gasteiger partial charge in [0.1, 0.15) is 11.6 Å². The van der Waals surface area contributed by atoms with Crippen LogP contribution in [-0.2, 0) is 0 Å². The maximum Gasteiger partial charge on any atom is 0.147 e. The number of methoxy groups -OCH3 is 1. The highest BCUT2D eigenvalue weighted by molar-refractivity contribution is 5.50. The van der Waals surface area contributed by atoms with Crippen molar-refractivity contribution in [3.05, 3.63) is 59.4 Å². The van der Waals surface area contributed by atoms with Crippen LogP contribution in [0.2, 0.25) is 0 Å². The molecule has 1 N–H and O–H groups in total. The first-order chi connectivity index (χ1) is 9.63. The van der Waals surface area contributed by atoms with Gasteiger partial charge in [-0.1, -0.05) is 12.1 Å². The van der Waals surface area contributed by atoms with Crippen LogP contribution in [0.1, 0.15) is 24.1 Å². The van der Waals surface area contributed by atoms with E-state index in [2.05, 4.69) is 5.32 Å². The molecule has 2 aromatic carbocycles. The molecule has 1 unspecified atom stereocenters. The zero-order valence-corrected chi connectivity index (χ0v) is 11.4. The van der Waals surface area contributed by atoms with Crippen molar-refractivity contribution in [3.63, 3.8) is 0 Å². The minimum absolute atomic E-state index is 0.0525. The van der Waals surface area contributed by atoms with Crippen molar-refractivity contribution in [3.8, 4) is 11.8 Å². The van der Waals surface area contributed by atoms with Crippen molar-refractivity contribution >= 4 is 5.69 Å². The summed E-state index contributed by atoms with van der Waals surface area (Å²) in [7, 11) is 1.61. The van der Waals surface area contributed by atoms with Gasteiger partial charge in [0, 0.05) is 6.04 Å². The van der Waals surface area contributed by atoms with Gasteiger partial charge in [-0.3, -0.25) is 0 Å². The van der Waals surface area contributed by atoms with Gasteiger partial charge < -0.3 is 10.1 Å². The first kappa shape index (κ1) is 13.9. The molecule has 0 fully saturated rings. The molecule has 102 valence electrons. The Morgan fingerprint density at radius 3 is 2.45 bits per heavy atom. The first-order valence-corrected chi connectivity index (χ1v) is 6.24. The average Bonchev–Trinajstić information content (AvgIpc) is 2.49. The van der Waals surface area contributed by atoms with Gasteiger partial charge in [-0.2, -0.15) is 5.26 Å². The molecule has 0 amide bonds. The van der Waals surface area contributed by atoms with Crippen LogP contribution in [0.4, 0.5) is 10.1 Å². The molecule has 0 bridgehead atoms. The number of halogens is 1. The van der Waals surface area contributed by atoms with E-state index >= 15 is 0 Å². The van der Waals surface area contributed by atoms with E-state index in [1.807, 2.05) is 37.3 Å². The average molecular weight is 270 g/mol. The monoisotopic (exact) mass is 270 g/mol. The number of benzene rings is 2. The van der Waals surface area contributed by atoms with E-state index in [0.717, 1.165) is 11.3 Å². The summed E-state index contributed by atoms with van der Waals surface area (Å²) in [6.07, 6.45) is 0. The lowest BCUT2D eigenvalue weighted by molar-refractivity contribution is 0.414. The van der Waals surface area contributed by atoms with E-state index in [4.69, 9.17) is 10.00 Å². The number of rotatable bonds is 4. The van der Waals surface area contributed by atoms with Crippen molar-refractivity contribution in [1.29, 1.82) is 5.26 Å². The van der Waals surface area contributed by atoms with E-state index in [0.29, 0.717) is 11.3 Å². The molecular weight excluding hydrogens is 255 g/mol. The molecular formula is C16H15FN2O. The molecule has 4 heteroatoms. The predicted molar refractivity (Wildman–Crippen MR) is 76.1 cm³/mol. The number of nitriles is 1. The molecule has 0 aliphatic heterocycles. The van der Waals surface area contributed by atoms with Gasteiger partial charge in [0.2, 0.25) is 0 Å². The molecule has 2 aromatic rings. The molecule has 0 aliphatic rings. The molecule has 0 saturated carbocycles. The minimum Gasteiger partial charge on any atom is -0.497 e. The molecule has 3 nitrogen and oxygen atoms in total. The molecule has 0 aliphatic carbocycles. The normalized spacial score (nSPS) is 11.5. The molecule has 20 heavy (non-hydrogen) atoms. The lowest BCUT2D eigenvalue weighted by Crippen LogP contribution is -2.08. The third-order valence-corrected chi connectivity index (χ3v) is 3.09. The Morgan fingerprint density at radius 2 is 1.90 bits per heavy atom. The Morgan fingerprint density at radius 1 is 1.20 bits per heavy atom. The van der Waals surface area contributed by atoms with Crippen molar-refractivity contribution in [1.82, 2.24) is 0 Å². The molecule has 0 saturated heterocycles. The smallest absolute Gasteiger partial charge is 0.147 e. The Labute approximate surface area is 117 Å². The van der Waals surface area contributed by atoms with Gasteiger partial charge in [0.25, 0.3) is 0 Å². The van der Waals surface area contributed by atoms with Crippen LogP contribution in [0.25, 0.3) is 0 Å². The number of hydrogen-bond donors (Lipinski definition) is 1. The van der Waals surface area contributed by atoms with E-state index in [1.54, 1.807) is 19.2 Å². The zero-order valence-electron chi connectivity index (χ0n) is 11.4. The van der Waals surface area contributed by atoms with E-state index in [9.17, 15) is 4.39 Å². The van der Waals surface area contributed by atoms with Gasteiger partial charge in [-0.05, 0) is 42.8 Å². The van der Waals surface area contributed by atoms with Gasteiger partial charge in [0.05, 0.1) is 24.4 Å². The van der Waals surface area contributed by atoms with Crippen molar-refractivity contribution in [2.24, 2.45) is 0 Å². The van der Waals surface area contributed by atoms with Gasteiger partial charge in [0.15, 0.2) is 0 Å². The topological polar surface area (TPSA) is 45.0 Å². The maximum absolute atomic E-state index is 13.8. The maximum atomic E-state index is 13.8. The van der Waals surface area contributed by atoms with Crippen LogP contribution >= 0.6 is 0 Å². The van der Waals surface area contributed by atoms with Crippen LogP contribution in [0, 0.1) is 17.1 Å². The highest BCUT2D eigenvalue weighted by Gasteiger charge is 2.09. The molecule has 1 atom stereocenters. The fourth-order valence-electron chi connectivity index (χ4n) is 1.91. The minimum atomic E-state index is -0.426. The SMILES string of the molecule is COc1ccc(C(C)Nc2ccc(C#N)cc2F)cc1. The fourth-order valence-corrected chi connectivity index (χ4v) is 1.91. The largest absolute Gasteiger partial charge is 0.497 e.